The van der Waals surface area contributed by atoms with E-state index >= 15 is 0 Å². The Morgan fingerprint density at radius 2 is 1.00 bits per heavy atom. The molecule has 0 fully saturated rings. The molecule has 0 saturated heterocycles. The van der Waals surface area contributed by atoms with Crippen LogP contribution in [0.15, 0.2) is 0 Å². The molecule has 0 unspecified atom stereocenters. The lowest BCUT2D eigenvalue weighted by Gasteiger charge is -2.24. The normalized spacial score (nSPS) is 11.4. The number of hydrogen-bond acceptors (Lipinski definition) is 7. The van der Waals surface area contributed by atoms with E-state index < -0.39 is 5.41 Å². The van der Waals surface area contributed by atoms with Crippen molar-refractivity contribution in [2.24, 2.45) is 5.41 Å². The summed E-state index contributed by atoms with van der Waals surface area (Å²) in [7, 11) is 0. The summed E-state index contributed by atoms with van der Waals surface area (Å²) in [5.41, 5.74) is -0.667. The van der Waals surface area contributed by atoms with E-state index in [1.807, 2.05) is 6.92 Å². The standard InChI is InChI=1S/C6H15NO3.C6H14O3/c8-4-1-7(2-5-9)3-6-10;1-2-6(3-7,4-8)5-9/h8-10H,1-6H2;7-9H,2-5H2,1H3. The highest BCUT2D eigenvalue weighted by Crippen LogP contribution is 2.18. The third-order valence-electron chi connectivity index (χ3n) is 3.00. The zero-order valence-electron chi connectivity index (χ0n) is 11.7. The summed E-state index contributed by atoms with van der Waals surface area (Å²) in [4.78, 5) is 1.79. The Morgan fingerprint density at radius 1 is 0.684 bits per heavy atom. The first kappa shape index (κ1) is 21.0. The minimum absolute atomic E-state index is 0.0694. The van der Waals surface area contributed by atoms with E-state index in [1.165, 1.54) is 0 Å². The number of nitrogens with zero attached hydrogens (tertiary/aromatic N) is 1. The molecule has 0 heterocycles. The molecule has 0 amide bonds. The van der Waals surface area contributed by atoms with E-state index in [1.54, 1.807) is 4.90 Å². The molecule has 0 aliphatic rings. The molecule has 0 radical (unpaired) electrons. The quantitative estimate of drug-likeness (QED) is 0.265. The lowest BCUT2D eigenvalue weighted by molar-refractivity contribution is 0.00304. The smallest absolute Gasteiger partial charge is 0.0558 e. The molecule has 0 aliphatic heterocycles. The van der Waals surface area contributed by atoms with Gasteiger partial charge in [0, 0.05) is 25.0 Å². The van der Waals surface area contributed by atoms with Gasteiger partial charge in [-0.1, -0.05) is 6.92 Å². The van der Waals surface area contributed by atoms with Crippen LogP contribution in [-0.2, 0) is 0 Å². The van der Waals surface area contributed by atoms with Gasteiger partial charge in [0.2, 0.25) is 0 Å². The lowest BCUT2D eigenvalue weighted by atomic mass is 9.88. The number of hydrogen-bond donors (Lipinski definition) is 6. The maximum Gasteiger partial charge on any atom is 0.0558 e. The number of rotatable bonds is 10. The number of aliphatic hydroxyl groups is 6. The van der Waals surface area contributed by atoms with Gasteiger partial charge in [-0.2, -0.15) is 0 Å². The predicted molar refractivity (Wildman–Crippen MR) is 71.7 cm³/mol. The molecule has 118 valence electrons. The van der Waals surface area contributed by atoms with E-state index in [9.17, 15) is 0 Å². The Hall–Kier alpha value is -0.280. The van der Waals surface area contributed by atoms with Crippen LogP contribution in [0.3, 0.4) is 0 Å². The first-order valence-electron chi connectivity index (χ1n) is 6.47. The van der Waals surface area contributed by atoms with Gasteiger partial charge in [0.25, 0.3) is 0 Å². The molecule has 0 aromatic rings. The van der Waals surface area contributed by atoms with Crippen LogP contribution in [0, 0.1) is 5.41 Å². The second-order valence-corrected chi connectivity index (χ2v) is 4.34. The summed E-state index contributed by atoms with van der Waals surface area (Å²) in [5, 5.41) is 51.4. The van der Waals surface area contributed by atoms with Crippen LogP contribution < -0.4 is 0 Å². The Balaban J connectivity index is 0. The molecule has 0 spiro atoms. The maximum atomic E-state index is 8.66. The third kappa shape index (κ3) is 10.2. The molecule has 0 atom stereocenters. The van der Waals surface area contributed by atoms with Crippen LogP contribution in [0.1, 0.15) is 13.3 Å². The van der Waals surface area contributed by atoms with Crippen LogP contribution in [0.2, 0.25) is 0 Å². The van der Waals surface area contributed by atoms with Gasteiger partial charge in [0.15, 0.2) is 0 Å². The Morgan fingerprint density at radius 3 is 1.11 bits per heavy atom. The van der Waals surface area contributed by atoms with E-state index in [0.29, 0.717) is 26.1 Å². The summed E-state index contributed by atoms with van der Waals surface area (Å²) in [5.74, 6) is 0. The monoisotopic (exact) mass is 283 g/mol. The van der Waals surface area contributed by atoms with Crippen molar-refractivity contribution in [1.82, 2.24) is 4.90 Å². The van der Waals surface area contributed by atoms with Crippen molar-refractivity contribution in [3.63, 3.8) is 0 Å². The van der Waals surface area contributed by atoms with Crippen LogP contribution in [0.25, 0.3) is 0 Å². The summed E-state index contributed by atoms with van der Waals surface area (Å²) in [6.45, 7) is 3.11. The van der Waals surface area contributed by atoms with E-state index in [2.05, 4.69) is 0 Å². The predicted octanol–water partition coefficient (Wildman–Crippen LogP) is -2.37. The summed E-state index contributed by atoms with van der Waals surface area (Å²) in [6, 6.07) is 0. The first-order valence-corrected chi connectivity index (χ1v) is 6.47. The fourth-order valence-corrected chi connectivity index (χ4v) is 1.25. The van der Waals surface area contributed by atoms with E-state index in [4.69, 9.17) is 30.6 Å². The zero-order valence-corrected chi connectivity index (χ0v) is 11.7. The SMILES string of the molecule is CCC(CO)(CO)CO.OCCN(CCO)CCO. The topological polar surface area (TPSA) is 125 Å². The zero-order chi connectivity index (χ0) is 15.1. The van der Waals surface area contributed by atoms with Crippen molar-refractivity contribution in [3.8, 4) is 0 Å². The maximum absolute atomic E-state index is 8.66. The van der Waals surface area contributed by atoms with Crippen molar-refractivity contribution in [2.45, 2.75) is 13.3 Å². The van der Waals surface area contributed by atoms with E-state index in [-0.39, 0.29) is 39.6 Å². The summed E-state index contributed by atoms with van der Waals surface area (Å²) >= 11 is 0. The van der Waals surface area contributed by atoms with Gasteiger partial charge in [-0.05, 0) is 6.42 Å². The fourth-order valence-electron chi connectivity index (χ4n) is 1.25. The highest BCUT2D eigenvalue weighted by Gasteiger charge is 2.24. The molecule has 0 bridgehead atoms. The van der Waals surface area contributed by atoms with Crippen molar-refractivity contribution in [1.29, 1.82) is 0 Å². The molecular formula is C12H29NO6. The van der Waals surface area contributed by atoms with Gasteiger partial charge in [-0.25, -0.2) is 0 Å². The van der Waals surface area contributed by atoms with Crippen molar-refractivity contribution >= 4 is 0 Å². The molecule has 0 saturated carbocycles. The summed E-state index contributed by atoms with van der Waals surface area (Å²) in [6.07, 6.45) is 0.594. The van der Waals surface area contributed by atoms with Crippen molar-refractivity contribution in [3.05, 3.63) is 0 Å². The Bertz CT molecular complexity index is 146. The fraction of sp³-hybridized carbons (Fsp3) is 1.00. The van der Waals surface area contributed by atoms with Crippen LogP contribution in [-0.4, -0.2) is 94.8 Å². The second kappa shape index (κ2) is 14.1. The first-order chi connectivity index (χ1) is 9.09. The van der Waals surface area contributed by atoms with Gasteiger partial charge in [0.05, 0.1) is 39.6 Å². The molecule has 0 aromatic heterocycles. The molecule has 0 aromatic carbocycles. The average Bonchev–Trinajstić information content (AvgIpc) is 2.44. The molecule has 0 rings (SSSR count). The second-order valence-electron chi connectivity index (χ2n) is 4.34. The van der Waals surface area contributed by atoms with Gasteiger partial charge in [0.1, 0.15) is 0 Å². The largest absolute Gasteiger partial charge is 0.396 e. The lowest BCUT2D eigenvalue weighted by Crippen LogP contribution is -2.32. The van der Waals surface area contributed by atoms with Crippen LogP contribution >= 0.6 is 0 Å². The molecule has 6 N–H and O–H groups in total. The minimum atomic E-state index is -0.667. The van der Waals surface area contributed by atoms with Crippen molar-refractivity contribution < 1.29 is 30.6 Å². The van der Waals surface area contributed by atoms with Gasteiger partial charge in [-0.15, -0.1) is 0 Å². The van der Waals surface area contributed by atoms with Crippen molar-refractivity contribution in [2.75, 3.05) is 59.3 Å². The molecular weight excluding hydrogens is 254 g/mol. The highest BCUT2D eigenvalue weighted by atomic mass is 16.3. The molecule has 7 nitrogen and oxygen atoms in total. The molecule has 7 heteroatoms. The van der Waals surface area contributed by atoms with Crippen LogP contribution in [0.4, 0.5) is 0 Å². The third-order valence-corrected chi connectivity index (χ3v) is 3.00. The van der Waals surface area contributed by atoms with Gasteiger partial charge in [-0.3, -0.25) is 4.90 Å². The molecule has 19 heavy (non-hydrogen) atoms. The minimum Gasteiger partial charge on any atom is -0.396 e. The number of aliphatic hydroxyl groups excluding tert-OH is 6. The summed E-state index contributed by atoms with van der Waals surface area (Å²) < 4.78 is 0. The Labute approximate surface area is 114 Å². The van der Waals surface area contributed by atoms with Gasteiger partial charge >= 0.3 is 0 Å². The molecule has 0 aliphatic carbocycles. The Kier molecular flexibility index (Phi) is 15.6. The highest BCUT2D eigenvalue weighted by molar-refractivity contribution is 4.74. The van der Waals surface area contributed by atoms with Crippen LogP contribution in [0.5, 0.6) is 0 Å². The average molecular weight is 283 g/mol. The van der Waals surface area contributed by atoms with Gasteiger partial charge < -0.3 is 30.6 Å². The van der Waals surface area contributed by atoms with E-state index in [0.717, 1.165) is 0 Å².